The van der Waals surface area contributed by atoms with Crippen LogP contribution in [0.15, 0.2) is 48.5 Å². The van der Waals surface area contributed by atoms with Gasteiger partial charge in [-0.25, -0.2) is 0 Å². The smallest absolute Gasteiger partial charge is 0.0419 e. The molecule has 0 aromatic heterocycles. The number of hydrogen-bond acceptors (Lipinski definition) is 1. The van der Waals surface area contributed by atoms with Crippen molar-refractivity contribution in [3.63, 3.8) is 0 Å². The Morgan fingerprint density at radius 2 is 1.41 bits per heavy atom. The van der Waals surface area contributed by atoms with Gasteiger partial charge in [-0.1, -0.05) is 50.2 Å². The highest BCUT2D eigenvalue weighted by atomic mass is 14.9. The summed E-state index contributed by atoms with van der Waals surface area (Å²) in [5.74, 6) is 0.530. The Morgan fingerprint density at radius 1 is 0.824 bits per heavy atom. The third kappa shape index (κ3) is 2.68. The number of nitrogens with one attached hydrogen (secondary N) is 1. The van der Waals surface area contributed by atoms with Crippen molar-refractivity contribution in [2.45, 2.75) is 26.7 Å². The standard InChI is InChI=1S/C16H19N/c1-12(2)14-9-5-7-11-16(14)17-15-10-6-4-8-13(15)3/h4-12,17H,1-3H3. The second-order valence-electron chi connectivity index (χ2n) is 4.68. The molecular weight excluding hydrogens is 206 g/mol. The molecule has 0 heterocycles. The zero-order chi connectivity index (χ0) is 12.3. The Hall–Kier alpha value is -1.76. The predicted octanol–water partition coefficient (Wildman–Crippen LogP) is 4.86. The van der Waals surface area contributed by atoms with Gasteiger partial charge in [0.25, 0.3) is 0 Å². The number of aryl methyl sites for hydroxylation is 1. The molecule has 2 aromatic carbocycles. The van der Waals surface area contributed by atoms with Crippen LogP contribution in [-0.4, -0.2) is 0 Å². The summed E-state index contributed by atoms with van der Waals surface area (Å²) in [5, 5.41) is 3.52. The molecule has 0 atom stereocenters. The lowest BCUT2D eigenvalue weighted by atomic mass is 10.0. The van der Waals surface area contributed by atoms with Crippen molar-refractivity contribution in [2.24, 2.45) is 0 Å². The van der Waals surface area contributed by atoms with Crippen molar-refractivity contribution >= 4 is 11.4 Å². The lowest BCUT2D eigenvalue weighted by molar-refractivity contribution is 0.869. The summed E-state index contributed by atoms with van der Waals surface area (Å²) in [7, 11) is 0. The fraction of sp³-hybridized carbons (Fsp3) is 0.250. The number of rotatable bonds is 3. The van der Waals surface area contributed by atoms with Gasteiger partial charge in [0.1, 0.15) is 0 Å². The van der Waals surface area contributed by atoms with Crippen molar-refractivity contribution in [1.82, 2.24) is 0 Å². The van der Waals surface area contributed by atoms with E-state index in [1.165, 1.54) is 22.5 Å². The SMILES string of the molecule is Cc1ccccc1Nc1ccccc1C(C)C. The van der Waals surface area contributed by atoms with Gasteiger partial charge in [-0.15, -0.1) is 0 Å². The van der Waals surface area contributed by atoms with Gasteiger partial charge in [0.05, 0.1) is 0 Å². The Kier molecular flexibility index (Phi) is 3.48. The molecule has 0 amide bonds. The minimum absolute atomic E-state index is 0.530. The minimum Gasteiger partial charge on any atom is -0.355 e. The monoisotopic (exact) mass is 225 g/mol. The molecule has 0 radical (unpaired) electrons. The van der Waals surface area contributed by atoms with Crippen LogP contribution in [0.4, 0.5) is 11.4 Å². The Labute approximate surface area is 103 Å². The van der Waals surface area contributed by atoms with Crippen LogP contribution in [0.1, 0.15) is 30.9 Å². The van der Waals surface area contributed by atoms with E-state index in [4.69, 9.17) is 0 Å². The molecule has 1 heteroatoms. The van der Waals surface area contributed by atoms with Gasteiger partial charge < -0.3 is 5.32 Å². The quantitative estimate of drug-likeness (QED) is 0.786. The molecule has 0 saturated heterocycles. The van der Waals surface area contributed by atoms with Crippen LogP contribution in [0.25, 0.3) is 0 Å². The molecule has 0 saturated carbocycles. The van der Waals surface area contributed by atoms with Crippen LogP contribution in [0.5, 0.6) is 0 Å². The van der Waals surface area contributed by atoms with Crippen LogP contribution < -0.4 is 5.32 Å². The zero-order valence-corrected chi connectivity index (χ0v) is 10.7. The van der Waals surface area contributed by atoms with E-state index < -0.39 is 0 Å². The zero-order valence-electron chi connectivity index (χ0n) is 10.7. The molecule has 2 aromatic rings. The van der Waals surface area contributed by atoms with E-state index in [9.17, 15) is 0 Å². The topological polar surface area (TPSA) is 12.0 Å². The number of anilines is 2. The highest BCUT2D eigenvalue weighted by Gasteiger charge is 2.06. The van der Waals surface area contributed by atoms with Gasteiger partial charge >= 0.3 is 0 Å². The molecule has 88 valence electrons. The molecule has 0 spiro atoms. The summed E-state index contributed by atoms with van der Waals surface area (Å²) in [6, 6.07) is 16.9. The fourth-order valence-electron chi connectivity index (χ4n) is 1.97. The fourth-order valence-corrected chi connectivity index (χ4v) is 1.97. The van der Waals surface area contributed by atoms with Gasteiger partial charge in [0, 0.05) is 11.4 Å². The summed E-state index contributed by atoms with van der Waals surface area (Å²) in [6.45, 7) is 6.57. The molecule has 0 bridgehead atoms. The van der Waals surface area contributed by atoms with E-state index in [0.29, 0.717) is 5.92 Å². The summed E-state index contributed by atoms with van der Waals surface area (Å²) in [4.78, 5) is 0. The second kappa shape index (κ2) is 5.05. The first-order chi connectivity index (χ1) is 8.18. The molecule has 1 nitrogen and oxygen atoms in total. The van der Waals surface area contributed by atoms with E-state index in [0.717, 1.165) is 0 Å². The third-order valence-electron chi connectivity index (χ3n) is 3.00. The first-order valence-electron chi connectivity index (χ1n) is 6.10. The van der Waals surface area contributed by atoms with Crippen molar-refractivity contribution in [2.75, 3.05) is 5.32 Å². The van der Waals surface area contributed by atoms with Crippen LogP contribution in [0, 0.1) is 6.92 Å². The largest absolute Gasteiger partial charge is 0.355 e. The summed E-state index contributed by atoms with van der Waals surface area (Å²) < 4.78 is 0. The highest BCUT2D eigenvalue weighted by Crippen LogP contribution is 2.27. The number of hydrogen-bond donors (Lipinski definition) is 1. The predicted molar refractivity (Wildman–Crippen MR) is 75.0 cm³/mol. The first-order valence-corrected chi connectivity index (χ1v) is 6.10. The third-order valence-corrected chi connectivity index (χ3v) is 3.00. The Balaban J connectivity index is 2.34. The van der Waals surface area contributed by atoms with Gasteiger partial charge in [-0.05, 0) is 36.1 Å². The van der Waals surface area contributed by atoms with Gasteiger partial charge in [0.15, 0.2) is 0 Å². The van der Waals surface area contributed by atoms with Crippen molar-refractivity contribution in [3.05, 3.63) is 59.7 Å². The maximum atomic E-state index is 3.52. The highest BCUT2D eigenvalue weighted by molar-refractivity contribution is 5.66. The number of para-hydroxylation sites is 2. The molecule has 0 aliphatic heterocycles. The molecule has 2 rings (SSSR count). The molecule has 0 unspecified atom stereocenters. The maximum absolute atomic E-state index is 3.52. The molecule has 0 aliphatic carbocycles. The van der Waals surface area contributed by atoms with Crippen LogP contribution in [0.2, 0.25) is 0 Å². The molecule has 17 heavy (non-hydrogen) atoms. The lowest BCUT2D eigenvalue weighted by Gasteiger charge is -2.15. The van der Waals surface area contributed by atoms with E-state index in [2.05, 4.69) is 74.6 Å². The Bertz CT molecular complexity index is 500. The molecule has 0 fully saturated rings. The van der Waals surface area contributed by atoms with E-state index in [1.807, 2.05) is 0 Å². The summed E-state index contributed by atoms with van der Waals surface area (Å²) in [5.41, 5.74) is 5.01. The maximum Gasteiger partial charge on any atom is 0.0419 e. The van der Waals surface area contributed by atoms with Crippen molar-refractivity contribution < 1.29 is 0 Å². The molecule has 1 N–H and O–H groups in total. The van der Waals surface area contributed by atoms with Gasteiger partial charge in [-0.3, -0.25) is 0 Å². The first kappa shape index (κ1) is 11.7. The average molecular weight is 225 g/mol. The van der Waals surface area contributed by atoms with Crippen LogP contribution in [0.3, 0.4) is 0 Å². The van der Waals surface area contributed by atoms with Crippen LogP contribution >= 0.6 is 0 Å². The lowest BCUT2D eigenvalue weighted by Crippen LogP contribution is -1.98. The van der Waals surface area contributed by atoms with Crippen molar-refractivity contribution in [1.29, 1.82) is 0 Å². The van der Waals surface area contributed by atoms with Gasteiger partial charge in [-0.2, -0.15) is 0 Å². The van der Waals surface area contributed by atoms with Crippen molar-refractivity contribution in [3.8, 4) is 0 Å². The second-order valence-corrected chi connectivity index (χ2v) is 4.68. The molecular formula is C16H19N. The Morgan fingerprint density at radius 3 is 2.06 bits per heavy atom. The normalized spacial score (nSPS) is 10.6. The van der Waals surface area contributed by atoms with E-state index in [1.54, 1.807) is 0 Å². The summed E-state index contributed by atoms with van der Waals surface area (Å²) >= 11 is 0. The number of benzene rings is 2. The average Bonchev–Trinajstić information content (AvgIpc) is 2.32. The van der Waals surface area contributed by atoms with E-state index in [-0.39, 0.29) is 0 Å². The summed E-state index contributed by atoms with van der Waals surface area (Å²) in [6.07, 6.45) is 0. The minimum atomic E-state index is 0.530. The van der Waals surface area contributed by atoms with Gasteiger partial charge in [0.2, 0.25) is 0 Å². The van der Waals surface area contributed by atoms with E-state index >= 15 is 0 Å². The molecule has 0 aliphatic rings. The van der Waals surface area contributed by atoms with Crippen LogP contribution in [-0.2, 0) is 0 Å².